The molecule has 0 aliphatic carbocycles. The van der Waals surface area contributed by atoms with Crippen LogP contribution >= 0.6 is 0 Å². The second kappa shape index (κ2) is 6.96. The van der Waals surface area contributed by atoms with Crippen LogP contribution in [-0.2, 0) is 4.79 Å². The summed E-state index contributed by atoms with van der Waals surface area (Å²) in [4.78, 5) is 28.0. The molecule has 1 aromatic heterocycles. The lowest BCUT2D eigenvalue weighted by Gasteiger charge is -2.34. The number of rotatable bonds is 4. The van der Waals surface area contributed by atoms with E-state index in [1.54, 1.807) is 12.1 Å². The number of nitrogens with zero attached hydrogens (tertiary/aromatic N) is 2. The number of carbonyl (C=O) groups is 2. The van der Waals surface area contributed by atoms with Crippen LogP contribution in [0.15, 0.2) is 22.8 Å². The van der Waals surface area contributed by atoms with Crippen molar-refractivity contribution in [2.75, 3.05) is 39.3 Å². The minimum absolute atomic E-state index is 0.0503. The number of furan rings is 1. The van der Waals surface area contributed by atoms with Crippen LogP contribution in [0.25, 0.3) is 0 Å². The van der Waals surface area contributed by atoms with Gasteiger partial charge in [-0.2, -0.15) is 0 Å². The summed E-state index contributed by atoms with van der Waals surface area (Å²) >= 11 is 0. The average molecular weight is 307 g/mol. The predicted molar refractivity (Wildman–Crippen MR) is 83.5 cm³/mol. The molecule has 1 aromatic rings. The van der Waals surface area contributed by atoms with E-state index in [-0.39, 0.29) is 17.2 Å². The van der Waals surface area contributed by atoms with Gasteiger partial charge < -0.3 is 14.6 Å². The molecule has 2 rings (SSSR count). The van der Waals surface area contributed by atoms with E-state index in [1.165, 1.54) is 6.26 Å². The molecular formula is C16H25N3O3. The van der Waals surface area contributed by atoms with Gasteiger partial charge in [0, 0.05) is 44.7 Å². The SMILES string of the molecule is CC(C)(C)C(=O)NCCN1CCN(C(=O)c2ccco2)CC1. The van der Waals surface area contributed by atoms with Gasteiger partial charge in [-0.05, 0) is 12.1 Å². The molecule has 6 heteroatoms. The fraction of sp³-hybridized carbons (Fsp3) is 0.625. The first-order chi connectivity index (χ1) is 10.4. The Morgan fingerprint density at radius 1 is 1.23 bits per heavy atom. The molecule has 1 N–H and O–H groups in total. The predicted octanol–water partition coefficient (Wildman–Crippen LogP) is 1.20. The maximum atomic E-state index is 12.1. The van der Waals surface area contributed by atoms with E-state index in [1.807, 2.05) is 25.7 Å². The van der Waals surface area contributed by atoms with E-state index >= 15 is 0 Å². The Labute approximate surface area is 131 Å². The first-order valence-electron chi connectivity index (χ1n) is 7.71. The van der Waals surface area contributed by atoms with E-state index in [0.29, 0.717) is 25.4 Å². The average Bonchev–Trinajstić information content (AvgIpc) is 3.00. The fourth-order valence-electron chi connectivity index (χ4n) is 2.32. The number of hydrogen-bond acceptors (Lipinski definition) is 4. The molecule has 1 fully saturated rings. The van der Waals surface area contributed by atoms with Crippen LogP contribution in [0.1, 0.15) is 31.3 Å². The second-order valence-corrected chi connectivity index (χ2v) is 6.62. The molecule has 0 aromatic carbocycles. The van der Waals surface area contributed by atoms with Gasteiger partial charge in [0.15, 0.2) is 5.76 Å². The molecule has 0 atom stereocenters. The highest BCUT2D eigenvalue weighted by Crippen LogP contribution is 2.12. The van der Waals surface area contributed by atoms with Crippen molar-refractivity contribution < 1.29 is 14.0 Å². The smallest absolute Gasteiger partial charge is 0.289 e. The molecule has 1 aliphatic heterocycles. The summed E-state index contributed by atoms with van der Waals surface area (Å²) in [6.07, 6.45) is 1.52. The van der Waals surface area contributed by atoms with Crippen molar-refractivity contribution in [3.63, 3.8) is 0 Å². The van der Waals surface area contributed by atoms with Gasteiger partial charge in [0.25, 0.3) is 5.91 Å². The zero-order chi connectivity index (χ0) is 16.2. The summed E-state index contributed by atoms with van der Waals surface area (Å²) in [5, 5.41) is 2.95. The van der Waals surface area contributed by atoms with Gasteiger partial charge in [-0.1, -0.05) is 20.8 Å². The number of carbonyl (C=O) groups excluding carboxylic acids is 2. The first-order valence-corrected chi connectivity index (χ1v) is 7.71. The summed E-state index contributed by atoms with van der Waals surface area (Å²) < 4.78 is 5.15. The molecule has 22 heavy (non-hydrogen) atoms. The highest BCUT2D eigenvalue weighted by Gasteiger charge is 2.24. The number of piperazine rings is 1. The van der Waals surface area contributed by atoms with Crippen molar-refractivity contribution in [2.24, 2.45) is 5.41 Å². The van der Waals surface area contributed by atoms with E-state index < -0.39 is 0 Å². The fourth-order valence-corrected chi connectivity index (χ4v) is 2.32. The monoisotopic (exact) mass is 307 g/mol. The lowest BCUT2D eigenvalue weighted by molar-refractivity contribution is -0.128. The highest BCUT2D eigenvalue weighted by molar-refractivity contribution is 5.91. The maximum Gasteiger partial charge on any atom is 0.289 e. The standard InChI is InChI=1S/C16H25N3O3/c1-16(2,3)15(21)17-6-7-18-8-10-19(11-9-18)14(20)13-5-4-12-22-13/h4-5,12H,6-11H2,1-3H3,(H,17,21). The summed E-state index contributed by atoms with van der Waals surface area (Å²) in [7, 11) is 0. The summed E-state index contributed by atoms with van der Waals surface area (Å²) in [5.41, 5.74) is -0.353. The Balaban J connectivity index is 1.69. The molecule has 2 amide bonds. The molecule has 122 valence electrons. The molecule has 0 unspecified atom stereocenters. The van der Waals surface area contributed by atoms with Crippen LogP contribution in [0, 0.1) is 5.41 Å². The lowest BCUT2D eigenvalue weighted by Crippen LogP contribution is -2.50. The minimum atomic E-state index is -0.353. The molecule has 0 spiro atoms. The molecule has 0 radical (unpaired) electrons. The summed E-state index contributed by atoms with van der Waals surface area (Å²) in [5.74, 6) is 0.413. The third-order valence-corrected chi connectivity index (χ3v) is 3.79. The van der Waals surface area contributed by atoms with E-state index in [0.717, 1.165) is 19.6 Å². The van der Waals surface area contributed by atoms with Gasteiger partial charge >= 0.3 is 0 Å². The van der Waals surface area contributed by atoms with E-state index in [4.69, 9.17) is 4.42 Å². The van der Waals surface area contributed by atoms with E-state index in [9.17, 15) is 9.59 Å². The highest BCUT2D eigenvalue weighted by atomic mass is 16.3. The Morgan fingerprint density at radius 3 is 2.45 bits per heavy atom. The van der Waals surface area contributed by atoms with Crippen LogP contribution in [0.3, 0.4) is 0 Å². The molecule has 1 aliphatic rings. The minimum Gasteiger partial charge on any atom is -0.459 e. The topological polar surface area (TPSA) is 65.8 Å². The van der Waals surface area contributed by atoms with Crippen molar-refractivity contribution in [2.45, 2.75) is 20.8 Å². The van der Waals surface area contributed by atoms with Crippen LogP contribution in [0.5, 0.6) is 0 Å². The van der Waals surface area contributed by atoms with Crippen LogP contribution < -0.4 is 5.32 Å². The molecule has 0 saturated carbocycles. The number of amides is 2. The summed E-state index contributed by atoms with van der Waals surface area (Å²) in [6, 6.07) is 3.41. The Morgan fingerprint density at radius 2 is 1.91 bits per heavy atom. The third-order valence-electron chi connectivity index (χ3n) is 3.79. The largest absolute Gasteiger partial charge is 0.459 e. The van der Waals surface area contributed by atoms with Crippen molar-refractivity contribution in [1.82, 2.24) is 15.1 Å². The quantitative estimate of drug-likeness (QED) is 0.908. The van der Waals surface area contributed by atoms with Crippen molar-refractivity contribution in [1.29, 1.82) is 0 Å². The third kappa shape index (κ3) is 4.34. The second-order valence-electron chi connectivity index (χ2n) is 6.62. The van der Waals surface area contributed by atoms with Crippen molar-refractivity contribution in [3.05, 3.63) is 24.2 Å². The Kier molecular flexibility index (Phi) is 5.24. The first kappa shape index (κ1) is 16.5. The van der Waals surface area contributed by atoms with Gasteiger partial charge in [-0.25, -0.2) is 0 Å². The number of hydrogen-bond donors (Lipinski definition) is 1. The van der Waals surface area contributed by atoms with Crippen molar-refractivity contribution >= 4 is 11.8 Å². The molecular weight excluding hydrogens is 282 g/mol. The van der Waals surface area contributed by atoms with Crippen molar-refractivity contribution in [3.8, 4) is 0 Å². The Bertz CT molecular complexity index is 497. The van der Waals surface area contributed by atoms with Crippen LogP contribution in [0.2, 0.25) is 0 Å². The molecule has 1 saturated heterocycles. The molecule has 2 heterocycles. The van der Waals surface area contributed by atoms with Gasteiger partial charge in [0.1, 0.15) is 0 Å². The van der Waals surface area contributed by atoms with Crippen LogP contribution in [0.4, 0.5) is 0 Å². The number of nitrogens with one attached hydrogen (secondary N) is 1. The van der Waals surface area contributed by atoms with E-state index in [2.05, 4.69) is 10.2 Å². The van der Waals surface area contributed by atoms with Gasteiger partial charge in [-0.15, -0.1) is 0 Å². The van der Waals surface area contributed by atoms with Gasteiger partial charge in [-0.3, -0.25) is 14.5 Å². The normalized spacial score (nSPS) is 16.6. The zero-order valence-corrected chi connectivity index (χ0v) is 13.6. The van der Waals surface area contributed by atoms with Crippen LogP contribution in [-0.4, -0.2) is 60.9 Å². The molecule has 0 bridgehead atoms. The lowest BCUT2D eigenvalue weighted by atomic mass is 9.96. The summed E-state index contributed by atoms with van der Waals surface area (Å²) in [6.45, 7) is 10.2. The Hall–Kier alpha value is -1.82. The maximum absolute atomic E-state index is 12.1. The van der Waals surface area contributed by atoms with Gasteiger partial charge in [0.05, 0.1) is 6.26 Å². The van der Waals surface area contributed by atoms with Gasteiger partial charge in [0.2, 0.25) is 5.91 Å². The molecule has 6 nitrogen and oxygen atoms in total. The zero-order valence-electron chi connectivity index (χ0n) is 13.6.